The molecule has 1 aliphatic heterocycles. The SMILES string of the molecule is CC1C(=O)NCCN1C(CN)c1ccccc1. The fraction of sp³-hybridized carbons (Fsp3) is 0.462. The van der Waals surface area contributed by atoms with E-state index in [9.17, 15) is 4.79 Å². The second-order valence-electron chi connectivity index (χ2n) is 4.37. The summed E-state index contributed by atoms with van der Waals surface area (Å²) in [4.78, 5) is 13.8. The third-order valence-electron chi connectivity index (χ3n) is 3.35. The summed E-state index contributed by atoms with van der Waals surface area (Å²) < 4.78 is 0. The Hall–Kier alpha value is -1.39. The molecule has 17 heavy (non-hydrogen) atoms. The first-order valence-electron chi connectivity index (χ1n) is 6.02. The highest BCUT2D eigenvalue weighted by Crippen LogP contribution is 2.22. The van der Waals surface area contributed by atoms with Crippen LogP contribution in [-0.4, -0.2) is 36.5 Å². The van der Waals surface area contributed by atoms with Gasteiger partial charge in [-0.3, -0.25) is 9.69 Å². The number of piperazine rings is 1. The number of nitrogens with two attached hydrogens (primary N) is 1. The van der Waals surface area contributed by atoms with E-state index in [4.69, 9.17) is 5.73 Å². The summed E-state index contributed by atoms with van der Waals surface area (Å²) in [5.74, 6) is 0.0885. The Kier molecular flexibility index (Phi) is 3.76. The van der Waals surface area contributed by atoms with Crippen LogP contribution in [0.3, 0.4) is 0 Å². The van der Waals surface area contributed by atoms with E-state index in [2.05, 4.69) is 22.3 Å². The molecule has 0 aromatic heterocycles. The lowest BCUT2D eigenvalue weighted by Crippen LogP contribution is -2.55. The van der Waals surface area contributed by atoms with Crippen molar-refractivity contribution in [2.45, 2.75) is 19.0 Å². The average molecular weight is 233 g/mol. The van der Waals surface area contributed by atoms with Crippen LogP contribution in [0.25, 0.3) is 0 Å². The molecule has 0 spiro atoms. The van der Waals surface area contributed by atoms with Crippen LogP contribution in [0.5, 0.6) is 0 Å². The summed E-state index contributed by atoms with van der Waals surface area (Å²) in [6.07, 6.45) is 0. The van der Waals surface area contributed by atoms with Crippen LogP contribution in [0.2, 0.25) is 0 Å². The van der Waals surface area contributed by atoms with Gasteiger partial charge >= 0.3 is 0 Å². The minimum atomic E-state index is -0.113. The van der Waals surface area contributed by atoms with Gasteiger partial charge < -0.3 is 11.1 Å². The van der Waals surface area contributed by atoms with Crippen LogP contribution in [0.4, 0.5) is 0 Å². The highest BCUT2D eigenvalue weighted by atomic mass is 16.2. The minimum absolute atomic E-state index is 0.0885. The fourth-order valence-electron chi connectivity index (χ4n) is 2.36. The van der Waals surface area contributed by atoms with Gasteiger partial charge in [-0.2, -0.15) is 0 Å². The van der Waals surface area contributed by atoms with Gasteiger partial charge in [0.15, 0.2) is 0 Å². The molecule has 1 aromatic carbocycles. The van der Waals surface area contributed by atoms with Crippen molar-refractivity contribution < 1.29 is 4.79 Å². The molecule has 0 saturated carbocycles. The summed E-state index contributed by atoms with van der Waals surface area (Å²) in [5, 5.41) is 2.87. The number of carbonyl (C=O) groups excluding carboxylic acids is 1. The lowest BCUT2D eigenvalue weighted by Gasteiger charge is -2.38. The first-order chi connectivity index (χ1) is 8.24. The Morgan fingerprint density at radius 3 is 2.82 bits per heavy atom. The van der Waals surface area contributed by atoms with Crippen LogP contribution < -0.4 is 11.1 Å². The number of nitrogens with zero attached hydrogens (tertiary/aromatic N) is 1. The monoisotopic (exact) mass is 233 g/mol. The van der Waals surface area contributed by atoms with E-state index >= 15 is 0 Å². The van der Waals surface area contributed by atoms with Crippen molar-refractivity contribution in [3.8, 4) is 0 Å². The van der Waals surface area contributed by atoms with E-state index in [0.29, 0.717) is 13.1 Å². The molecule has 1 fully saturated rings. The van der Waals surface area contributed by atoms with E-state index in [-0.39, 0.29) is 18.0 Å². The molecule has 1 aliphatic rings. The Morgan fingerprint density at radius 2 is 2.18 bits per heavy atom. The third kappa shape index (κ3) is 2.48. The van der Waals surface area contributed by atoms with Gasteiger partial charge in [0.1, 0.15) is 0 Å². The summed E-state index contributed by atoms with van der Waals surface area (Å²) >= 11 is 0. The predicted octanol–water partition coefficient (Wildman–Crippen LogP) is 0.507. The molecule has 1 amide bonds. The molecule has 0 aliphatic carbocycles. The van der Waals surface area contributed by atoms with Gasteiger partial charge in [0.2, 0.25) is 5.91 Å². The highest BCUT2D eigenvalue weighted by Gasteiger charge is 2.30. The topological polar surface area (TPSA) is 58.4 Å². The predicted molar refractivity (Wildman–Crippen MR) is 67.4 cm³/mol. The molecular weight excluding hydrogens is 214 g/mol. The lowest BCUT2D eigenvalue weighted by molar-refractivity contribution is -0.129. The van der Waals surface area contributed by atoms with Gasteiger partial charge in [0.05, 0.1) is 6.04 Å². The first kappa shape index (κ1) is 12.1. The summed E-state index contributed by atoms with van der Waals surface area (Å²) in [7, 11) is 0. The van der Waals surface area contributed by atoms with Crippen molar-refractivity contribution in [1.82, 2.24) is 10.2 Å². The van der Waals surface area contributed by atoms with Gasteiger partial charge in [-0.05, 0) is 12.5 Å². The molecule has 3 N–H and O–H groups in total. The number of carbonyl (C=O) groups is 1. The van der Waals surface area contributed by atoms with Crippen LogP contribution in [0.15, 0.2) is 30.3 Å². The van der Waals surface area contributed by atoms with Crippen molar-refractivity contribution in [1.29, 1.82) is 0 Å². The minimum Gasteiger partial charge on any atom is -0.353 e. The highest BCUT2D eigenvalue weighted by molar-refractivity contribution is 5.82. The van der Waals surface area contributed by atoms with Crippen molar-refractivity contribution in [3.63, 3.8) is 0 Å². The van der Waals surface area contributed by atoms with E-state index < -0.39 is 0 Å². The smallest absolute Gasteiger partial charge is 0.237 e. The first-order valence-corrected chi connectivity index (χ1v) is 6.02. The molecule has 1 heterocycles. The van der Waals surface area contributed by atoms with Crippen LogP contribution in [0, 0.1) is 0 Å². The van der Waals surface area contributed by atoms with Crippen molar-refractivity contribution in [2.75, 3.05) is 19.6 Å². The van der Waals surface area contributed by atoms with Gasteiger partial charge in [0, 0.05) is 25.7 Å². The second-order valence-corrected chi connectivity index (χ2v) is 4.37. The van der Waals surface area contributed by atoms with Crippen LogP contribution >= 0.6 is 0 Å². The average Bonchev–Trinajstić information content (AvgIpc) is 2.37. The third-order valence-corrected chi connectivity index (χ3v) is 3.35. The molecule has 2 rings (SSSR count). The fourth-order valence-corrected chi connectivity index (χ4v) is 2.36. The maximum atomic E-state index is 11.7. The normalized spacial score (nSPS) is 23.2. The van der Waals surface area contributed by atoms with Crippen LogP contribution in [0.1, 0.15) is 18.5 Å². The number of amides is 1. The number of rotatable bonds is 3. The number of hydrogen-bond donors (Lipinski definition) is 2. The Labute approximate surface area is 102 Å². The molecule has 2 unspecified atom stereocenters. The Morgan fingerprint density at radius 1 is 1.47 bits per heavy atom. The zero-order chi connectivity index (χ0) is 12.3. The van der Waals surface area contributed by atoms with Gasteiger partial charge in [-0.1, -0.05) is 30.3 Å². The quantitative estimate of drug-likeness (QED) is 0.799. The van der Waals surface area contributed by atoms with Gasteiger partial charge in [-0.25, -0.2) is 0 Å². The summed E-state index contributed by atoms with van der Waals surface area (Å²) in [6, 6.07) is 10.1. The number of nitrogens with one attached hydrogen (secondary N) is 1. The Balaban J connectivity index is 2.21. The van der Waals surface area contributed by atoms with E-state index in [0.717, 1.165) is 6.54 Å². The van der Waals surface area contributed by atoms with Gasteiger partial charge in [0.25, 0.3) is 0 Å². The number of hydrogen-bond acceptors (Lipinski definition) is 3. The second kappa shape index (κ2) is 5.29. The van der Waals surface area contributed by atoms with E-state index in [1.807, 2.05) is 25.1 Å². The maximum Gasteiger partial charge on any atom is 0.237 e. The zero-order valence-corrected chi connectivity index (χ0v) is 10.1. The van der Waals surface area contributed by atoms with Crippen molar-refractivity contribution in [2.24, 2.45) is 5.73 Å². The van der Waals surface area contributed by atoms with Crippen molar-refractivity contribution in [3.05, 3.63) is 35.9 Å². The molecular formula is C13H19N3O. The standard InChI is InChI=1S/C13H19N3O/c1-10-13(17)15-7-8-16(10)12(9-14)11-5-3-2-4-6-11/h2-6,10,12H,7-9,14H2,1H3,(H,15,17). The molecule has 92 valence electrons. The molecule has 2 atom stereocenters. The zero-order valence-electron chi connectivity index (χ0n) is 10.1. The van der Waals surface area contributed by atoms with Crippen LogP contribution in [-0.2, 0) is 4.79 Å². The molecule has 0 radical (unpaired) electrons. The molecule has 1 saturated heterocycles. The summed E-state index contributed by atoms with van der Waals surface area (Å²) in [5.41, 5.74) is 7.05. The van der Waals surface area contributed by atoms with Gasteiger partial charge in [-0.15, -0.1) is 0 Å². The molecule has 4 nitrogen and oxygen atoms in total. The van der Waals surface area contributed by atoms with E-state index in [1.165, 1.54) is 5.56 Å². The summed E-state index contributed by atoms with van der Waals surface area (Å²) in [6.45, 7) is 4.01. The largest absolute Gasteiger partial charge is 0.353 e. The lowest BCUT2D eigenvalue weighted by atomic mass is 10.0. The maximum absolute atomic E-state index is 11.7. The Bertz CT molecular complexity index is 380. The van der Waals surface area contributed by atoms with Crippen molar-refractivity contribution >= 4 is 5.91 Å². The van der Waals surface area contributed by atoms with E-state index in [1.54, 1.807) is 0 Å². The molecule has 1 aromatic rings. The molecule has 4 heteroatoms. The molecule has 0 bridgehead atoms. The number of benzene rings is 1.